The maximum absolute atomic E-state index is 12.9. The van der Waals surface area contributed by atoms with Crippen molar-refractivity contribution in [3.63, 3.8) is 0 Å². The van der Waals surface area contributed by atoms with Gasteiger partial charge < -0.3 is 4.90 Å². The van der Waals surface area contributed by atoms with E-state index in [1.807, 2.05) is 6.92 Å². The van der Waals surface area contributed by atoms with Crippen molar-refractivity contribution < 1.29 is 9.18 Å². The second-order valence-electron chi connectivity index (χ2n) is 3.42. The zero-order valence-corrected chi connectivity index (χ0v) is 9.24. The Kier molecular flexibility index (Phi) is 4.53. The predicted octanol–water partition coefficient (Wildman–Crippen LogP) is 1.85. The molecule has 0 aliphatic heterocycles. The standard InChI is InChI=1S/C13H14FNO/c1-3-8-15(4-2)13(16)10-11-6-5-7-12(14)9-11/h1,5-7,9H,4,8,10H2,2H3. The van der Waals surface area contributed by atoms with Crippen LogP contribution in [0, 0.1) is 18.2 Å². The van der Waals surface area contributed by atoms with Crippen LogP contribution in [0.25, 0.3) is 0 Å². The van der Waals surface area contributed by atoms with Crippen LogP contribution in [0.15, 0.2) is 24.3 Å². The summed E-state index contributed by atoms with van der Waals surface area (Å²) in [5, 5.41) is 0. The molecule has 0 N–H and O–H groups in total. The normalized spacial score (nSPS) is 9.56. The fourth-order valence-corrected chi connectivity index (χ4v) is 1.42. The summed E-state index contributed by atoms with van der Waals surface area (Å²) in [6.07, 6.45) is 5.34. The van der Waals surface area contributed by atoms with E-state index >= 15 is 0 Å². The Morgan fingerprint density at radius 3 is 2.88 bits per heavy atom. The molecule has 84 valence electrons. The molecule has 0 fully saturated rings. The number of amides is 1. The van der Waals surface area contributed by atoms with E-state index in [0.717, 1.165) is 0 Å². The third kappa shape index (κ3) is 3.39. The van der Waals surface area contributed by atoms with Crippen molar-refractivity contribution in [1.29, 1.82) is 0 Å². The van der Waals surface area contributed by atoms with Crippen LogP contribution in [-0.4, -0.2) is 23.9 Å². The molecule has 0 aliphatic rings. The third-order valence-corrected chi connectivity index (χ3v) is 2.26. The van der Waals surface area contributed by atoms with Crippen molar-refractivity contribution in [2.24, 2.45) is 0 Å². The van der Waals surface area contributed by atoms with Gasteiger partial charge in [-0.15, -0.1) is 6.42 Å². The molecule has 1 aromatic carbocycles. The SMILES string of the molecule is C#CCN(CC)C(=O)Cc1cccc(F)c1. The van der Waals surface area contributed by atoms with Gasteiger partial charge in [0.25, 0.3) is 0 Å². The van der Waals surface area contributed by atoms with E-state index in [-0.39, 0.29) is 18.1 Å². The highest BCUT2D eigenvalue weighted by Crippen LogP contribution is 2.06. The molecule has 3 heteroatoms. The number of halogens is 1. The number of benzene rings is 1. The minimum absolute atomic E-state index is 0.0777. The lowest BCUT2D eigenvalue weighted by molar-refractivity contribution is -0.129. The molecule has 0 bridgehead atoms. The molecule has 1 amide bonds. The molecule has 0 atom stereocenters. The first kappa shape index (κ1) is 12.3. The number of terminal acetylenes is 1. The summed E-state index contributed by atoms with van der Waals surface area (Å²) in [7, 11) is 0. The molecule has 1 rings (SSSR count). The zero-order valence-electron chi connectivity index (χ0n) is 9.24. The van der Waals surface area contributed by atoms with Gasteiger partial charge in [0.15, 0.2) is 0 Å². The Morgan fingerprint density at radius 2 is 2.31 bits per heavy atom. The number of carbonyl (C=O) groups is 1. The average Bonchev–Trinajstić information content (AvgIpc) is 2.25. The van der Waals surface area contributed by atoms with Crippen molar-refractivity contribution >= 4 is 5.91 Å². The van der Waals surface area contributed by atoms with E-state index < -0.39 is 0 Å². The fraction of sp³-hybridized carbons (Fsp3) is 0.308. The second kappa shape index (κ2) is 5.92. The Bertz CT molecular complexity index is 409. The van der Waals surface area contributed by atoms with E-state index in [9.17, 15) is 9.18 Å². The number of hydrogen-bond acceptors (Lipinski definition) is 1. The number of likely N-dealkylation sites (N-methyl/N-ethyl adjacent to an activating group) is 1. The number of carbonyl (C=O) groups excluding carboxylic acids is 1. The summed E-state index contributed by atoms with van der Waals surface area (Å²) in [4.78, 5) is 13.3. The van der Waals surface area contributed by atoms with Gasteiger partial charge in [-0.25, -0.2) is 4.39 Å². The smallest absolute Gasteiger partial charge is 0.227 e. The van der Waals surface area contributed by atoms with Gasteiger partial charge in [0.1, 0.15) is 5.82 Å². The molecule has 0 radical (unpaired) electrons. The number of nitrogens with zero attached hydrogens (tertiary/aromatic N) is 1. The van der Waals surface area contributed by atoms with Gasteiger partial charge in [0, 0.05) is 6.54 Å². The fourth-order valence-electron chi connectivity index (χ4n) is 1.42. The third-order valence-electron chi connectivity index (χ3n) is 2.26. The summed E-state index contributed by atoms with van der Waals surface area (Å²) in [5.74, 6) is 2.02. The van der Waals surface area contributed by atoms with Crippen molar-refractivity contribution in [1.82, 2.24) is 4.90 Å². The van der Waals surface area contributed by atoms with Crippen LogP contribution in [0.1, 0.15) is 12.5 Å². The van der Waals surface area contributed by atoms with Crippen LogP contribution in [0.4, 0.5) is 4.39 Å². The number of rotatable bonds is 4. The van der Waals surface area contributed by atoms with Gasteiger partial charge in [0.05, 0.1) is 13.0 Å². The van der Waals surface area contributed by atoms with Crippen LogP contribution in [0.5, 0.6) is 0 Å². The van der Waals surface area contributed by atoms with E-state index in [1.54, 1.807) is 17.0 Å². The lowest BCUT2D eigenvalue weighted by Crippen LogP contribution is -2.32. The molecule has 0 aromatic heterocycles. The summed E-state index contributed by atoms with van der Waals surface area (Å²) in [5.41, 5.74) is 0.667. The zero-order chi connectivity index (χ0) is 12.0. The molecule has 0 saturated carbocycles. The quantitative estimate of drug-likeness (QED) is 0.708. The molecular weight excluding hydrogens is 205 g/mol. The topological polar surface area (TPSA) is 20.3 Å². The molecule has 0 saturated heterocycles. The van der Waals surface area contributed by atoms with E-state index in [1.165, 1.54) is 12.1 Å². The molecule has 0 heterocycles. The first-order valence-electron chi connectivity index (χ1n) is 5.13. The summed E-state index contributed by atoms with van der Waals surface area (Å²) in [6, 6.07) is 6.04. The van der Waals surface area contributed by atoms with Crippen LogP contribution < -0.4 is 0 Å². The molecule has 0 aliphatic carbocycles. The van der Waals surface area contributed by atoms with Gasteiger partial charge in [-0.2, -0.15) is 0 Å². The Hall–Kier alpha value is -1.82. The van der Waals surface area contributed by atoms with Gasteiger partial charge in [-0.05, 0) is 24.6 Å². The van der Waals surface area contributed by atoms with E-state index in [0.29, 0.717) is 18.7 Å². The summed E-state index contributed by atoms with van der Waals surface area (Å²) < 4.78 is 12.9. The van der Waals surface area contributed by atoms with Crippen molar-refractivity contribution in [2.45, 2.75) is 13.3 Å². The molecule has 2 nitrogen and oxygen atoms in total. The molecule has 0 spiro atoms. The number of hydrogen-bond donors (Lipinski definition) is 0. The highest BCUT2D eigenvalue weighted by atomic mass is 19.1. The highest BCUT2D eigenvalue weighted by Gasteiger charge is 2.11. The molecular formula is C13H14FNO. The highest BCUT2D eigenvalue weighted by molar-refractivity contribution is 5.79. The first-order chi connectivity index (χ1) is 7.67. The lowest BCUT2D eigenvalue weighted by atomic mass is 10.1. The van der Waals surface area contributed by atoms with Crippen LogP contribution >= 0.6 is 0 Å². The molecule has 1 aromatic rings. The van der Waals surface area contributed by atoms with Crippen LogP contribution in [-0.2, 0) is 11.2 Å². The van der Waals surface area contributed by atoms with E-state index in [4.69, 9.17) is 6.42 Å². The average molecular weight is 219 g/mol. The van der Waals surface area contributed by atoms with Crippen LogP contribution in [0.2, 0.25) is 0 Å². The maximum Gasteiger partial charge on any atom is 0.227 e. The summed E-state index contributed by atoms with van der Waals surface area (Å²) >= 11 is 0. The Morgan fingerprint density at radius 1 is 1.56 bits per heavy atom. The van der Waals surface area contributed by atoms with Crippen molar-refractivity contribution in [3.8, 4) is 12.3 Å². The first-order valence-corrected chi connectivity index (χ1v) is 5.13. The van der Waals surface area contributed by atoms with Crippen molar-refractivity contribution in [3.05, 3.63) is 35.6 Å². The Balaban J connectivity index is 2.67. The maximum atomic E-state index is 12.9. The molecule has 0 unspecified atom stereocenters. The second-order valence-corrected chi connectivity index (χ2v) is 3.42. The summed E-state index contributed by atoms with van der Waals surface area (Å²) in [6.45, 7) is 2.73. The van der Waals surface area contributed by atoms with Gasteiger partial charge >= 0.3 is 0 Å². The van der Waals surface area contributed by atoms with Gasteiger partial charge in [-0.1, -0.05) is 18.1 Å². The lowest BCUT2D eigenvalue weighted by Gasteiger charge is -2.17. The largest absolute Gasteiger partial charge is 0.332 e. The van der Waals surface area contributed by atoms with Gasteiger partial charge in [0.2, 0.25) is 5.91 Å². The molecule has 16 heavy (non-hydrogen) atoms. The van der Waals surface area contributed by atoms with Crippen LogP contribution in [0.3, 0.4) is 0 Å². The van der Waals surface area contributed by atoms with E-state index in [2.05, 4.69) is 5.92 Å². The minimum Gasteiger partial charge on any atom is -0.332 e. The van der Waals surface area contributed by atoms with Gasteiger partial charge in [-0.3, -0.25) is 4.79 Å². The Labute approximate surface area is 95.1 Å². The monoisotopic (exact) mass is 219 g/mol. The minimum atomic E-state index is -0.328. The predicted molar refractivity (Wildman–Crippen MR) is 61.2 cm³/mol. The van der Waals surface area contributed by atoms with Crippen molar-refractivity contribution in [2.75, 3.05) is 13.1 Å².